The molecule has 1 saturated heterocycles. The Bertz CT molecular complexity index is 967. The van der Waals surface area contributed by atoms with Crippen LogP contribution in [0.5, 0.6) is 0 Å². The van der Waals surface area contributed by atoms with Gasteiger partial charge in [-0.05, 0) is 63.5 Å². The van der Waals surface area contributed by atoms with E-state index in [0.717, 1.165) is 19.3 Å². The number of thiophene rings is 1. The molecule has 1 fully saturated rings. The number of hydrogen-bond donors (Lipinski definition) is 1. The Balaban J connectivity index is 1.88. The number of nitrogens with one attached hydrogen (secondary N) is 1. The molecule has 1 aliphatic heterocycles. The Hall–Kier alpha value is -1.64. The lowest BCUT2D eigenvalue weighted by molar-refractivity contribution is 0.0719. The molecule has 0 saturated carbocycles. The van der Waals surface area contributed by atoms with Crippen molar-refractivity contribution in [2.75, 3.05) is 19.6 Å². The van der Waals surface area contributed by atoms with E-state index in [1.165, 1.54) is 10.4 Å². The predicted molar refractivity (Wildman–Crippen MR) is 113 cm³/mol. The Labute approximate surface area is 171 Å². The summed E-state index contributed by atoms with van der Waals surface area (Å²) in [6.07, 6.45) is 3.70. The lowest BCUT2D eigenvalue weighted by Gasteiger charge is -2.27. The Kier molecular flexibility index (Phi) is 6.31. The van der Waals surface area contributed by atoms with Crippen LogP contribution in [0.3, 0.4) is 0 Å². The molecule has 0 atom stereocenters. The maximum Gasteiger partial charge on any atom is 0.257 e. The van der Waals surface area contributed by atoms with E-state index >= 15 is 0 Å². The minimum absolute atomic E-state index is 0.131. The number of rotatable bonds is 6. The van der Waals surface area contributed by atoms with Gasteiger partial charge in [-0.15, -0.1) is 11.3 Å². The van der Waals surface area contributed by atoms with Crippen LogP contribution < -0.4 is 4.72 Å². The normalized spacial score (nSPS) is 15.2. The predicted octanol–water partition coefficient (Wildman–Crippen LogP) is 3.16. The van der Waals surface area contributed by atoms with Crippen LogP contribution in [-0.4, -0.2) is 43.4 Å². The molecule has 0 aliphatic carbocycles. The zero-order chi connectivity index (χ0) is 20.5. The summed E-state index contributed by atoms with van der Waals surface area (Å²) >= 11 is 1.63. The molecule has 0 aromatic carbocycles. The van der Waals surface area contributed by atoms with Crippen LogP contribution in [0.1, 0.15) is 51.4 Å². The maximum absolute atomic E-state index is 13.2. The number of likely N-dealkylation sites (tertiary alicyclic amines) is 1. The standard InChI is InChI=1S/C20H29N3O3S2/c1-14-9-13-27-17(14)8-10-21-28(25,26)19-16(3)22(4)15(2)18(19)20(24)23-11-6-5-7-12-23/h9,13,21H,5-8,10-12H2,1-4H3. The number of piperidine rings is 1. The van der Waals surface area contributed by atoms with Crippen molar-refractivity contribution >= 4 is 27.3 Å². The van der Waals surface area contributed by atoms with Crippen molar-refractivity contribution in [3.8, 4) is 0 Å². The van der Waals surface area contributed by atoms with Crippen molar-refractivity contribution in [2.24, 2.45) is 7.05 Å². The van der Waals surface area contributed by atoms with Crippen LogP contribution in [-0.2, 0) is 23.5 Å². The number of amides is 1. The number of aromatic nitrogens is 1. The monoisotopic (exact) mass is 423 g/mol. The van der Waals surface area contributed by atoms with Gasteiger partial charge in [-0.2, -0.15) is 0 Å². The molecule has 28 heavy (non-hydrogen) atoms. The van der Waals surface area contributed by atoms with Gasteiger partial charge in [0.2, 0.25) is 10.0 Å². The van der Waals surface area contributed by atoms with Crippen LogP contribution >= 0.6 is 11.3 Å². The molecule has 1 aliphatic rings. The van der Waals surface area contributed by atoms with Gasteiger partial charge in [0.05, 0.1) is 5.56 Å². The fourth-order valence-electron chi connectivity index (χ4n) is 3.78. The van der Waals surface area contributed by atoms with Crippen molar-refractivity contribution in [1.82, 2.24) is 14.2 Å². The Morgan fingerprint density at radius 2 is 1.82 bits per heavy atom. The number of aryl methyl sites for hydroxylation is 1. The van der Waals surface area contributed by atoms with Crippen LogP contribution in [0.15, 0.2) is 16.3 Å². The van der Waals surface area contributed by atoms with Gasteiger partial charge in [0.25, 0.3) is 5.91 Å². The smallest absolute Gasteiger partial charge is 0.257 e. The second-order valence-corrected chi connectivity index (χ2v) is 10.2. The molecule has 0 unspecified atom stereocenters. The number of nitrogens with zero attached hydrogens (tertiary/aromatic N) is 2. The van der Waals surface area contributed by atoms with E-state index in [1.54, 1.807) is 27.7 Å². The molecular weight excluding hydrogens is 394 g/mol. The molecule has 2 aromatic heterocycles. The Morgan fingerprint density at radius 1 is 1.14 bits per heavy atom. The minimum atomic E-state index is -3.79. The molecule has 6 nitrogen and oxygen atoms in total. The maximum atomic E-state index is 13.2. The van der Waals surface area contributed by atoms with E-state index in [4.69, 9.17) is 0 Å². The summed E-state index contributed by atoms with van der Waals surface area (Å²) in [6.45, 7) is 7.30. The van der Waals surface area contributed by atoms with E-state index in [9.17, 15) is 13.2 Å². The lowest BCUT2D eigenvalue weighted by Crippen LogP contribution is -2.37. The van der Waals surface area contributed by atoms with E-state index in [0.29, 0.717) is 43.0 Å². The highest BCUT2D eigenvalue weighted by molar-refractivity contribution is 7.89. The molecular formula is C20H29N3O3S2. The van der Waals surface area contributed by atoms with Gasteiger partial charge in [0.15, 0.2) is 0 Å². The van der Waals surface area contributed by atoms with Gasteiger partial charge < -0.3 is 9.47 Å². The third-order valence-electron chi connectivity index (χ3n) is 5.66. The first-order valence-electron chi connectivity index (χ1n) is 9.72. The number of carbonyl (C=O) groups excluding carboxylic acids is 1. The second-order valence-electron chi connectivity index (χ2n) is 7.46. The summed E-state index contributed by atoms with van der Waals surface area (Å²) in [6, 6.07) is 2.04. The zero-order valence-corrected chi connectivity index (χ0v) is 18.7. The average Bonchev–Trinajstić information content (AvgIpc) is 3.18. The first-order valence-corrected chi connectivity index (χ1v) is 12.1. The van der Waals surface area contributed by atoms with Gasteiger partial charge in [0, 0.05) is 42.9 Å². The molecule has 3 heterocycles. The van der Waals surface area contributed by atoms with Crippen molar-refractivity contribution in [3.05, 3.63) is 38.8 Å². The van der Waals surface area contributed by atoms with Crippen molar-refractivity contribution in [2.45, 2.75) is 51.3 Å². The lowest BCUT2D eigenvalue weighted by atomic mass is 10.1. The van der Waals surface area contributed by atoms with Gasteiger partial charge in [-0.1, -0.05) is 0 Å². The molecule has 1 N–H and O–H groups in total. The topological polar surface area (TPSA) is 71.4 Å². The third-order valence-corrected chi connectivity index (χ3v) is 8.37. The van der Waals surface area contributed by atoms with Crippen molar-refractivity contribution in [1.29, 1.82) is 0 Å². The van der Waals surface area contributed by atoms with E-state index < -0.39 is 10.0 Å². The highest BCUT2D eigenvalue weighted by Crippen LogP contribution is 2.28. The number of sulfonamides is 1. The molecule has 1 amide bonds. The number of carbonyl (C=O) groups is 1. The highest BCUT2D eigenvalue weighted by Gasteiger charge is 2.33. The van der Waals surface area contributed by atoms with Crippen LogP contribution in [0.25, 0.3) is 0 Å². The summed E-state index contributed by atoms with van der Waals surface area (Å²) in [5.41, 5.74) is 2.79. The second kappa shape index (κ2) is 8.39. The average molecular weight is 424 g/mol. The summed E-state index contributed by atoms with van der Waals surface area (Å²) < 4.78 is 30.8. The molecule has 0 spiro atoms. The van der Waals surface area contributed by atoms with Crippen molar-refractivity contribution < 1.29 is 13.2 Å². The van der Waals surface area contributed by atoms with Gasteiger partial charge in [-0.25, -0.2) is 13.1 Å². The van der Waals surface area contributed by atoms with Gasteiger partial charge in [-0.3, -0.25) is 4.79 Å². The van der Waals surface area contributed by atoms with E-state index in [1.807, 2.05) is 32.3 Å². The van der Waals surface area contributed by atoms with Crippen molar-refractivity contribution in [3.63, 3.8) is 0 Å². The van der Waals surface area contributed by atoms with E-state index in [2.05, 4.69) is 4.72 Å². The summed E-state index contributed by atoms with van der Waals surface area (Å²) in [4.78, 5) is 16.3. The molecule has 154 valence electrons. The Morgan fingerprint density at radius 3 is 2.43 bits per heavy atom. The molecule has 2 aromatic rings. The largest absolute Gasteiger partial charge is 0.350 e. The fourth-order valence-corrected chi connectivity index (χ4v) is 6.24. The van der Waals surface area contributed by atoms with Crippen LogP contribution in [0.2, 0.25) is 0 Å². The molecule has 0 radical (unpaired) electrons. The minimum Gasteiger partial charge on any atom is -0.350 e. The fraction of sp³-hybridized carbons (Fsp3) is 0.550. The first-order chi connectivity index (χ1) is 13.2. The van der Waals surface area contributed by atoms with Gasteiger partial charge >= 0.3 is 0 Å². The molecule has 0 bridgehead atoms. The summed E-state index contributed by atoms with van der Waals surface area (Å²) in [5.74, 6) is -0.171. The first kappa shape index (κ1) is 21.1. The van der Waals surface area contributed by atoms with Crippen LogP contribution in [0.4, 0.5) is 0 Å². The van der Waals surface area contributed by atoms with E-state index in [-0.39, 0.29) is 10.8 Å². The molecule has 3 rings (SSSR count). The third kappa shape index (κ3) is 4.04. The SMILES string of the molecule is Cc1ccsc1CCNS(=O)(=O)c1c(C(=O)N2CCCCC2)c(C)n(C)c1C. The van der Waals surface area contributed by atoms with Crippen LogP contribution in [0, 0.1) is 20.8 Å². The molecule has 8 heteroatoms. The highest BCUT2D eigenvalue weighted by atomic mass is 32.2. The summed E-state index contributed by atoms with van der Waals surface area (Å²) in [7, 11) is -1.98. The quantitative estimate of drug-likeness (QED) is 0.776. The zero-order valence-electron chi connectivity index (χ0n) is 17.0. The number of hydrogen-bond acceptors (Lipinski definition) is 4. The summed E-state index contributed by atoms with van der Waals surface area (Å²) in [5, 5.41) is 2.01. The van der Waals surface area contributed by atoms with Gasteiger partial charge in [0.1, 0.15) is 4.90 Å².